The van der Waals surface area contributed by atoms with Crippen molar-refractivity contribution in [1.29, 1.82) is 0 Å². The summed E-state index contributed by atoms with van der Waals surface area (Å²) >= 11 is 1.76. The Balaban J connectivity index is 2.58. The first-order valence-corrected chi connectivity index (χ1v) is 6.55. The highest BCUT2D eigenvalue weighted by molar-refractivity contribution is 7.99. The van der Waals surface area contributed by atoms with Gasteiger partial charge < -0.3 is 10.2 Å². The standard InChI is InChI=1S/C11H19N3O2S/c1-7(3-4-12)17-6-9-5-10(8(2)16-9)11(15)14-13/h5,7H,3-4,6,12-13H2,1-2H3,(H,14,15). The Morgan fingerprint density at radius 3 is 2.94 bits per heavy atom. The minimum Gasteiger partial charge on any atom is -0.465 e. The molecule has 1 heterocycles. The lowest BCUT2D eigenvalue weighted by atomic mass is 10.2. The van der Waals surface area contributed by atoms with Gasteiger partial charge in [0.2, 0.25) is 0 Å². The zero-order valence-electron chi connectivity index (χ0n) is 10.2. The van der Waals surface area contributed by atoms with Crippen molar-refractivity contribution in [2.75, 3.05) is 6.54 Å². The van der Waals surface area contributed by atoms with Gasteiger partial charge in [-0.15, -0.1) is 0 Å². The first-order chi connectivity index (χ1) is 8.08. The van der Waals surface area contributed by atoms with Gasteiger partial charge >= 0.3 is 0 Å². The summed E-state index contributed by atoms with van der Waals surface area (Å²) < 4.78 is 5.50. The Kier molecular flexibility index (Phi) is 5.54. The molecule has 1 aromatic rings. The molecule has 0 fully saturated rings. The zero-order valence-corrected chi connectivity index (χ0v) is 11.0. The van der Waals surface area contributed by atoms with E-state index in [1.807, 2.05) is 0 Å². The van der Waals surface area contributed by atoms with E-state index in [1.165, 1.54) is 0 Å². The molecule has 0 aliphatic heterocycles. The molecule has 6 heteroatoms. The number of amides is 1. The number of rotatable bonds is 6. The number of furan rings is 1. The zero-order chi connectivity index (χ0) is 12.8. The number of carbonyl (C=O) groups is 1. The van der Waals surface area contributed by atoms with Crippen LogP contribution in [-0.2, 0) is 5.75 Å². The molecule has 0 saturated carbocycles. The van der Waals surface area contributed by atoms with Crippen LogP contribution < -0.4 is 17.0 Å². The summed E-state index contributed by atoms with van der Waals surface area (Å²) in [6.45, 7) is 4.56. The first-order valence-electron chi connectivity index (χ1n) is 5.50. The number of nitrogens with two attached hydrogens (primary N) is 2. The Bertz CT molecular complexity index is 379. The number of hydrogen-bond donors (Lipinski definition) is 3. The van der Waals surface area contributed by atoms with E-state index < -0.39 is 0 Å². The van der Waals surface area contributed by atoms with E-state index in [-0.39, 0.29) is 5.91 Å². The van der Waals surface area contributed by atoms with Gasteiger partial charge in [0.05, 0.1) is 11.3 Å². The third-order valence-electron chi connectivity index (χ3n) is 2.43. The van der Waals surface area contributed by atoms with Gasteiger partial charge in [0.15, 0.2) is 0 Å². The number of carbonyl (C=O) groups excluding carboxylic acids is 1. The maximum Gasteiger partial charge on any atom is 0.268 e. The SMILES string of the molecule is Cc1oc(CSC(C)CCN)cc1C(=O)NN. The van der Waals surface area contributed by atoms with Gasteiger partial charge in [-0.1, -0.05) is 6.92 Å². The van der Waals surface area contributed by atoms with Crippen molar-refractivity contribution >= 4 is 17.7 Å². The summed E-state index contributed by atoms with van der Waals surface area (Å²) in [6.07, 6.45) is 0.973. The first kappa shape index (κ1) is 14.1. The third kappa shape index (κ3) is 4.07. The van der Waals surface area contributed by atoms with Gasteiger partial charge in [0, 0.05) is 5.25 Å². The number of aryl methyl sites for hydroxylation is 1. The lowest BCUT2D eigenvalue weighted by Crippen LogP contribution is -2.30. The summed E-state index contributed by atoms with van der Waals surface area (Å²) in [5, 5.41) is 0.484. The summed E-state index contributed by atoms with van der Waals surface area (Å²) in [6, 6.07) is 1.74. The van der Waals surface area contributed by atoms with Crippen molar-refractivity contribution in [1.82, 2.24) is 5.43 Å². The predicted molar refractivity (Wildman–Crippen MR) is 69.5 cm³/mol. The Hall–Kier alpha value is -0.980. The minimum atomic E-state index is -0.322. The van der Waals surface area contributed by atoms with Gasteiger partial charge in [0.25, 0.3) is 5.91 Å². The van der Waals surface area contributed by atoms with Gasteiger partial charge in [-0.05, 0) is 26.0 Å². The summed E-state index contributed by atoms with van der Waals surface area (Å²) in [5.41, 5.74) is 8.07. The van der Waals surface area contributed by atoms with Crippen LogP contribution in [0.15, 0.2) is 10.5 Å². The lowest BCUT2D eigenvalue weighted by Gasteiger charge is -2.07. The molecular weight excluding hydrogens is 238 g/mol. The molecule has 5 nitrogen and oxygen atoms in total. The molecule has 0 aliphatic rings. The van der Waals surface area contributed by atoms with Gasteiger partial charge in [0.1, 0.15) is 11.5 Å². The Labute approximate surface area is 105 Å². The molecular formula is C11H19N3O2S. The molecule has 5 N–H and O–H groups in total. The second-order valence-corrected chi connectivity index (χ2v) is 5.28. The Morgan fingerprint density at radius 2 is 2.35 bits per heavy atom. The van der Waals surface area contributed by atoms with Crippen molar-refractivity contribution < 1.29 is 9.21 Å². The van der Waals surface area contributed by atoms with Crippen LogP contribution in [0.4, 0.5) is 0 Å². The number of thioether (sulfide) groups is 1. The van der Waals surface area contributed by atoms with Crippen LogP contribution in [0.5, 0.6) is 0 Å². The molecule has 17 heavy (non-hydrogen) atoms. The Morgan fingerprint density at radius 1 is 1.65 bits per heavy atom. The third-order valence-corrected chi connectivity index (χ3v) is 3.68. The molecule has 1 aromatic heterocycles. The summed E-state index contributed by atoms with van der Waals surface area (Å²) in [5.74, 6) is 6.88. The number of nitrogens with one attached hydrogen (secondary N) is 1. The molecule has 1 amide bonds. The van der Waals surface area contributed by atoms with Crippen LogP contribution in [0.2, 0.25) is 0 Å². The maximum atomic E-state index is 11.4. The van der Waals surface area contributed by atoms with E-state index >= 15 is 0 Å². The number of hydrazine groups is 1. The quantitative estimate of drug-likeness (QED) is 0.404. The molecule has 0 saturated heterocycles. The average Bonchev–Trinajstić information content (AvgIpc) is 2.67. The van der Waals surface area contributed by atoms with Crippen LogP contribution in [-0.4, -0.2) is 17.7 Å². The fourth-order valence-electron chi connectivity index (χ4n) is 1.46. The predicted octanol–water partition coefficient (Wildman–Crippen LogP) is 1.16. The van der Waals surface area contributed by atoms with E-state index in [0.29, 0.717) is 23.1 Å². The van der Waals surface area contributed by atoms with Gasteiger partial charge in [-0.3, -0.25) is 10.2 Å². The smallest absolute Gasteiger partial charge is 0.268 e. The molecule has 96 valence electrons. The summed E-state index contributed by atoms with van der Waals surface area (Å²) in [4.78, 5) is 11.4. The van der Waals surface area contributed by atoms with Crippen molar-refractivity contribution in [3.63, 3.8) is 0 Å². The fraction of sp³-hybridized carbons (Fsp3) is 0.545. The van der Waals surface area contributed by atoms with Crippen molar-refractivity contribution in [2.45, 2.75) is 31.3 Å². The molecule has 1 unspecified atom stereocenters. The van der Waals surface area contributed by atoms with Crippen molar-refractivity contribution in [3.8, 4) is 0 Å². The van der Waals surface area contributed by atoms with Gasteiger partial charge in [-0.2, -0.15) is 11.8 Å². The summed E-state index contributed by atoms with van der Waals surface area (Å²) in [7, 11) is 0. The lowest BCUT2D eigenvalue weighted by molar-refractivity contribution is 0.0952. The molecule has 0 aromatic carbocycles. The maximum absolute atomic E-state index is 11.4. The van der Waals surface area contributed by atoms with E-state index in [4.69, 9.17) is 16.0 Å². The van der Waals surface area contributed by atoms with Crippen LogP contribution in [0.25, 0.3) is 0 Å². The molecule has 0 aliphatic carbocycles. The molecule has 0 radical (unpaired) electrons. The highest BCUT2D eigenvalue weighted by Gasteiger charge is 2.14. The van der Waals surface area contributed by atoms with E-state index in [1.54, 1.807) is 24.8 Å². The molecule has 0 spiro atoms. The number of hydrogen-bond acceptors (Lipinski definition) is 5. The van der Waals surface area contributed by atoms with Crippen LogP contribution >= 0.6 is 11.8 Å². The second-order valence-electron chi connectivity index (χ2n) is 3.86. The second kappa shape index (κ2) is 6.68. The van der Waals surface area contributed by atoms with E-state index in [9.17, 15) is 4.79 Å². The van der Waals surface area contributed by atoms with E-state index in [2.05, 4.69) is 12.3 Å². The topological polar surface area (TPSA) is 94.3 Å². The minimum absolute atomic E-state index is 0.322. The fourth-order valence-corrected chi connectivity index (χ4v) is 2.35. The largest absolute Gasteiger partial charge is 0.465 e. The van der Waals surface area contributed by atoms with Gasteiger partial charge in [-0.25, -0.2) is 5.84 Å². The monoisotopic (exact) mass is 257 g/mol. The van der Waals surface area contributed by atoms with Crippen LogP contribution in [0.1, 0.15) is 35.2 Å². The highest BCUT2D eigenvalue weighted by atomic mass is 32.2. The molecule has 1 rings (SSSR count). The van der Waals surface area contributed by atoms with Crippen LogP contribution in [0, 0.1) is 6.92 Å². The average molecular weight is 257 g/mol. The molecule has 0 bridgehead atoms. The normalized spacial score (nSPS) is 12.5. The van der Waals surface area contributed by atoms with Crippen molar-refractivity contribution in [2.24, 2.45) is 11.6 Å². The van der Waals surface area contributed by atoms with E-state index in [0.717, 1.165) is 17.9 Å². The molecule has 1 atom stereocenters. The highest BCUT2D eigenvalue weighted by Crippen LogP contribution is 2.23. The van der Waals surface area contributed by atoms with Crippen LogP contribution in [0.3, 0.4) is 0 Å². The van der Waals surface area contributed by atoms with Crippen molar-refractivity contribution in [3.05, 3.63) is 23.2 Å². The number of nitrogen functional groups attached to an aromatic ring is 1.